The Morgan fingerprint density at radius 2 is 1.72 bits per heavy atom. The third-order valence-electron chi connectivity index (χ3n) is 4.38. The Morgan fingerprint density at radius 1 is 1.00 bits per heavy atom. The van der Waals surface area contributed by atoms with Crippen molar-refractivity contribution in [2.45, 2.75) is 19.9 Å². The first kappa shape index (κ1) is 17.9. The predicted molar refractivity (Wildman–Crippen MR) is 106 cm³/mol. The molecule has 3 nitrogen and oxygen atoms in total. The number of hydrogen-bond donors (Lipinski definition) is 0. The Hall–Kier alpha value is -1.91. The van der Waals surface area contributed by atoms with Crippen molar-refractivity contribution in [3.63, 3.8) is 0 Å². The molecule has 1 saturated heterocycles. The van der Waals surface area contributed by atoms with E-state index in [1.165, 1.54) is 21.6 Å². The number of methoxy groups -OCH3 is 2. The van der Waals surface area contributed by atoms with Crippen molar-refractivity contribution in [2.75, 3.05) is 26.6 Å². The van der Waals surface area contributed by atoms with Crippen molar-refractivity contribution in [2.24, 2.45) is 0 Å². The molecule has 2 aromatic rings. The number of aryl methyl sites for hydroxylation is 1. The summed E-state index contributed by atoms with van der Waals surface area (Å²) in [6, 6.07) is 15.0. The van der Waals surface area contributed by atoms with E-state index in [1.807, 2.05) is 17.8 Å². The molecule has 1 heterocycles. The van der Waals surface area contributed by atoms with Crippen LogP contribution in [-0.2, 0) is 13.0 Å². The lowest BCUT2D eigenvalue weighted by molar-refractivity contribution is 0.345. The maximum Gasteiger partial charge on any atom is 0.161 e. The van der Waals surface area contributed by atoms with Crippen LogP contribution >= 0.6 is 11.8 Å². The third-order valence-corrected chi connectivity index (χ3v) is 5.49. The molecule has 0 spiro atoms. The van der Waals surface area contributed by atoms with Crippen LogP contribution in [0.2, 0.25) is 0 Å². The Morgan fingerprint density at radius 3 is 2.40 bits per heavy atom. The Bertz CT molecular complexity index is 740. The summed E-state index contributed by atoms with van der Waals surface area (Å²) < 4.78 is 10.7. The largest absolute Gasteiger partial charge is 0.493 e. The third kappa shape index (κ3) is 4.59. The predicted octanol–water partition coefficient (Wildman–Crippen LogP) is 4.81. The first-order valence-corrected chi connectivity index (χ1v) is 9.56. The van der Waals surface area contributed by atoms with Gasteiger partial charge in [-0.3, -0.25) is 4.90 Å². The minimum atomic E-state index is 0.776. The first-order valence-electron chi connectivity index (χ1n) is 8.57. The molecule has 0 atom stereocenters. The molecule has 0 saturated carbocycles. The maximum atomic E-state index is 5.40. The number of hydrogen-bond acceptors (Lipinski definition) is 4. The zero-order chi connectivity index (χ0) is 17.6. The van der Waals surface area contributed by atoms with Crippen molar-refractivity contribution in [3.8, 4) is 11.5 Å². The standard InChI is InChI=1S/C21H25NO2S/c1-4-16-5-7-17(8-6-16)11-19-14-22(15-25-19)13-18-9-10-20(23-2)21(12-18)24-3/h5-12H,4,13-15H2,1-3H3/b19-11-. The molecule has 3 rings (SSSR count). The summed E-state index contributed by atoms with van der Waals surface area (Å²) >= 11 is 1.92. The van der Waals surface area contributed by atoms with Crippen LogP contribution in [0.5, 0.6) is 11.5 Å². The Labute approximate surface area is 154 Å². The van der Waals surface area contributed by atoms with Crippen LogP contribution < -0.4 is 9.47 Å². The fraction of sp³-hybridized carbons (Fsp3) is 0.333. The number of rotatable bonds is 6. The molecule has 4 heteroatoms. The molecule has 0 amide bonds. The highest BCUT2D eigenvalue weighted by Crippen LogP contribution is 2.32. The zero-order valence-corrected chi connectivity index (χ0v) is 15.9. The number of thioether (sulfide) groups is 1. The Kier molecular flexibility index (Phi) is 6.05. The first-order chi connectivity index (χ1) is 12.2. The summed E-state index contributed by atoms with van der Waals surface area (Å²) in [7, 11) is 3.34. The summed E-state index contributed by atoms with van der Waals surface area (Å²) in [6.07, 6.45) is 3.39. The second kappa shape index (κ2) is 8.45. The highest BCUT2D eigenvalue weighted by molar-refractivity contribution is 8.03. The van der Waals surface area contributed by atoms with Gasteiger partial charge in [-0.1, -0.05) is 37.3 Å². The normalized spacial score (nSPS) is 16.4. The minimum Gasteiger partial charge on any atom is -0.493 e. The highest BCUT2D eigenvalue weighted by Gasteiger charge is 2.18. The molecular weight excluding hydrogens is 330 g/mol. The molecule has 1 aliphatic heterocycles. The molecule has 0 bridgehead atoms. The molecule has 0 unspecified atom stereocenters. The Balaban J connectivity index is 1.63. The second-order valence-electron chi connectivity index (χ2n) is 6.16. The van der Waals surface area contributed by atoms with Gasteiger partial charge in [-0.15, -0.1) is 11.8 Å². The highest BCUT2D eigenvalue weighted by atomic mass is 32.2. The van der Waals surface area contributed by atoms with E-state index in [1.54, 1.807) is 14.2 Å². The van der Waals surface area contributed by atoms with Gasteiger partial charge in [0.1, 0.15) is 0 Å². The number of benzene rings is 2. The lowest BCUT2D eigenvalue weighted by Crippen LogP contribution is -2.18. The van der Waals surface area contributed by atoms with E-state index in [2.05, 4.69) is 54.3 Å². The van der Waals surface area contributed by atoms with Crippen molar-refractivity contribution >= 4 is 17.8 Å². The molecule has 0 aromatic heterocycles. The van der Waals surface area contributed by atoms with E-state index in [0.717, 1.165) is 36.9 Å². The van der Waals surface area contributed by atoms with Crippen LogP contribution in [0.1, 0.15) is 23.6 Å². The van der Waals surface area contributed by atoms with Crippen LogP contribution in [0.3, 0.4) is 0 Å². The van der Waals surface area contributed by atoms with Gasteiger partial charge in [0.05, 0.1) is 14.2 Å². The quantitative estimate of drug-likeness (QED) is 0.741. The monoisotopic (exact) mass is 355 g/mol. The van der Waals surface area contributed by atoms with Crippen LogP contribution in [0, 0.1) is 0 Å². The minimum absolute atomic E-state index is 0.776. The van der Waals surface area contributed by atoms with Gasteiger partial charge in [0.15, 0.2) is 11.5 Å². The topological polar surface area (TPSA) is 21.7 Å². The molecule has 2 aromatic carbocycles. The smallest absolute Gasteiger partial charge is 0.161 e. The average molecular weight is 356 g/mol. The van der Waals surface area contributed by atoms with E-state index in [0.29, 0.717) is 0 Å². The van der Waals surface area contributed by atoms with E-state index < -0.39 is 0 Å². The summed E-state index contributed by atoms with van der Waals surface area (Å²) in [5, 5.41) is 0. The zero-order valence-electron chi connectivity index (χ0n) is 15.1. The van der Waals surface area contributed by atoms with Crippen molar-refractivity contribution < 1.29 is 9.47 Å². The molecule has 132 valence electrons. The van der Waals surface area contributed by atoms with Crippen LogP contribution in [0.25, 0.3) is 6.08 Å². The second-order valence-corrected chi connectivity index (χ2v) is 7.23. The maximum absolute atomic E-state index is 5.40. The summed E-state index contributed by atoms with van der Waals surface area (Å²) in [4.78, 5) is 3.86. The molecular formula is C21H25NO2S. The van der Waals surface area contributed by atoms with E-state index in [9.17, 15) is 0 Å². The average Bonchev–Trinajstić information content (AvgIpc) is 3.09. The number of nitrogens with zero attached hydrogens (tertiary/aromatic N) is 1. The lowest BCUT2D eigenvalue weighted by atomic mass is 10.1. The van der Waals surface area contributed by atoms with Gasteiger partial charge in [-0.05, 0) is 41.3 Å². The molecule has 0 radical (unpaired) electrons. The molecule has 0 aliphatic carbocycles. The fourth-order valence-electron chi connectivity index (χ4n) is 2.95. The van der Waals surface area contributed by atoms with E-state index in [-0.39, 0.29) is 0 Å². The van der Waals surface area contributed by atoms with Gasteiger partial charge in [0.25, 0.3) is 0 Å². The van der Waals surface area contributed by atoms with Gasteiger partial charge in [-0.2, -0.15) is 0 Å². The van der Waals surface area contributed by atoms with Gasteiger partial charge in [-0.25, -0.2) is 0 Å². The van der Waals surface area contributed by atoms with Crippen molar-refractivity contribution in [1.29, 1.82) is 0 Å². The summed E-state index contributed by atoms with van der Waals surface area (Å²) in [5.74, 6) is 2.59. The molecule has 1 aliphatic rings. The molecule has 25 heavy (non-hydrogen) atoms. The van der Waals surface area contributed by atoms with Gasteiger partial charge in [0, 0.05) is 23.9 Å². The summed E-state index contributed by atoms with van der Waals surface area (Å²) in [6.45, 7) is 4.10. The van der Waals surface area contributed by atoms with Crippen molar-refractivity contribution in [3.05, 3.63) is 64.1 Å². The SMILES string of the molecule is CCc1ccc(/C=C2/CN(Cc3ccc(OC)c(OC)c3)CS2)cc1. The van der Waals surface area contributed by atoms with E-state index >= 15 is 0 Å². The van der Waals surface area contributed by atoms with Gasteiger partial charge >= 0.3 is 0 Å². The number of ether oxygens (including phenoxy) is 2. The summed E-state index contributed by atoms with van der Waals surface area (Å²) in [5.41, 5.74) is 3.91. The van der Waals surface area contributed by atoms with Crippen LogP contribution in [0.4, 0.5) is 0 Å². The van der Waals surface area contributed by atoms with Gasteiger partial charge in [0.2, 0.25) is 0 Å². The van der Waals surface area contributed by atoms with E-state index in [4.69, 9.17) is 9.47 Å². The molecule has 0 N–H and O–H groups in total. The van der Waals surface area contributed by atoms with Crippen LogP contribution in [-0.4, -0.2) is 31.5 Å². The fourth-order valence-corrected chi connectivity index (χ4v) is 3.97. The van der Waals surface area contributed by atoms with Gasteiger partial charge < -0.3 is 9.47 Å². The van der Waals surface area contributed by atoms with Crippen LogP contribution in [0.15, 0.2) is 47.4 Å². The van der Waals surface area contributed by atoms with Crippen molar-refractivity contribution in [1.82, 2.24) is 4.90 Å². The lowest BCUT2D eigenvalue weighted by Gasteiger charge is -2.15. The molecule has 1 fully saturated rings.